The number of rotatable bonds is 5. The quantitative estimate of drug-likeness (QED) is 0.905. The highest BCUT2D eigenvalue weighted by atomic mass is 32.1. The summed E-state index contributed by atoms with van der Waals surface area (Å²) in [5.41, 5.74) is 0.0905. The van der Waals surface area contributed by atoms with Crippen molar-refractivity contribution in [3.63, 3.8) is 0 Å². The lowest BCUT2D eigenvalue weighted by atomic mass is 9.91. The van der Waals surface area contributed by atoms with Crippen LogP contribution in [0.3, 0.4) is 0 Å². The molecule has 1 aliphatic rings. The fourth-order valence-electron chi connectivity index (χ4n) is 2.66. The van der Waals surface area contributed by atoms with Crippen LogP contribution in [0.4, 0.5) is 0 Å². The highest BCUT2D eigenvalue weighted by Gasteiger charge is 2.22. The Kier molecular flexibility index (Phi) is 5.61. The molecule has 1 fully saturated rings. The summed E-state index contributed by atoms with van der Waals surface area (Å²) < 4.78 is 0. The minimum absolute atomic E-state index is 0.0905. The van der Waals surface area contributed by atoms with E-state index in [9.17, 15) is 4.79 Å². The van der Waals surface area contributed by atoms with Gasteiger partial charge < -0.3 is 10.2 Å². The molecule has 2 heterocycles. The van der Waals surface area contributed by atoms with E-state index >= 15 is 0 Å². The van der Waals surface area contributed by atoms with Crippen molar-refractivity contribution < 1.29 is 4.79 Å². The highest BCUT2D eigenvalue weighted by Crippen LogP contribution is 2.26. The number of likely N-dealkylation sites (tertiary alicyclic amines) is 1. The van der Waals surface area contributed by atoms with Crippen LogP contribution in [0.1, 0.15) is 44.4 Å². The van der Waals surface area contributed by atoms with E-state index < -0.39 is 0 Å². The van der Waals surface area contributed by atoms with Gasteiger partial charge in [0.2, 0.25) is 5.91 Å². The molecule has 1 aromatic rings. The molecular formula is C16H26N2OS. The van der Waals surface area contributed by atoms with E-state index in [1.54, 1.807) is 11.3 Å². The smallest absolute Gasteiger partial charge is 0.236 e. The summed E-state index contributed by atoms with van der Waals surface area (Å²) in [6.07, 6.45) is 4.85. The van der Waals surface area contributed by atoms with E-state index in [1.165, 1.54) is 17.7 Å². The van der Waals surface area contributed by atoms with Gasteiger partial charge in [0.15, 0.2) is 0 Å². The summed E-state index contributed by atoms with van der Waals surface area (Å²) in [4.78, 5) is 15.6. The fraction of sp³-hybridized carbons (Fsp3) is 0.688. The molecule has 0 radical (unpaired) electrons. The van der Waals surface area contributed by atoms with Gasteiger partial charge in [-0.1, -0.05) is 32.8 Å². The van der Waals surface area contributed by atoms with E-state index in [0.29, 0.717) is 6.54 Å². The van der Waals surface area contributed by atoms with Crippen LogP contribution in [-0.2, 0) is 10.2 Å². The van der Waals surface area contributed by atoms with Crippen LogP contribution in [0.5, 0.6) is 0 Å². The molecule has 2 rings (SSSR count). The first-order chi connectivity index (χ1) is 9.59. The van der Waals surface area contributed by atoms with Crippen LogP contribution in [-0.4, -0.2) is 37.0 Å². The zero-order valence-electron chi connectivity index (χ0n) is 12.7. The molecule has 3 nitrogen and oxygen atoms in total. The molecule has 112 valence electrons. The topological polar surface area (TPSA) is 32.3 Å². The maximum absolute atomic E-state index is 12.2. The molecule has 1 saturated heterocycles. The third-order valence-electron chi connectivity index (χ3n) is 3.99. The van der Waals surface area contributed by atoms with Crippen molar-refractivity contribution in [3.8, 4) is 0 Å². The summed E-state index contributed by atoms with van der Waals surface area (Å²) >= 11 is 1.78. The number of nitrogens with one attached hydrogen (secondary N) is 1. The summed E-state index contributed by atoms with van der Waals surface area (Å²) in [7, 11) is 0. The van der Waals surface area contributed by atoms with E-state index in [0.717, 1.165) is 32.5 Å². The Balaban J connectivity index is 1.76. The van der Waals surface area contributed by atoms with E-state index in [-0.39, 0.29) is 11.3 Å². The van der Waals surface area contributed by atoms with Gasteiger partial charge in [0.25, 0.3) is 0 Å². The van der Waals surface area contributed by atoms with Crippen molar-refractivity contribution in [1.82, 2.24) is 10.2 Å². The molecule has 0 spiro atoms. The van der Waals surface area contributed by atoms with Crippen LogP contribution in [0, 0.1) is 0 Å². The molecular weight excluding hydrogens is 268 g/mol. The number of carbonyl (C=O) groups is 1. The standard InChI is InChI=1S/C16H26N2OS/c1-16(2,14-8-7-11-20-14)13-17-12-15(19)18-9-5-3-4-6-10-18/h7-8,11,17H,3-6,9-10,12-13H2,1-2H3. The normalized spacial score (nSPS) is 17.0. The summed E-state index contributed by atoms with van der Waals surface area (Å²) in [5.74, 6) is 0.258. The van der Waals surface area contributed by atoms with Crippen molar-refractivity contribution in [2.75, 3.05) is 26.2 Å². The largest absolute Gasteiger partial charge is 0.342 e. The lowest BCUT2D eigenvalue weighted by Crippen LogP contribution is -2.42. The molecule has 1 N–H and O–H groups in total. The third-order valence-corrected chi connectivity index (χ3v) is 5.23. The van der Waals surface area contributed by atoms with Gasteiger partial charge in [-0.25, -0.2) is 0 Å². The fourth-order valence-corrected chi connectivity index (χ4v) is 3.52. The Morgan fingerprint density at radius 2 is 2.00 bits per heavy atom. The minimum atomic E-state index is 0.0905. The lowest BCUT2D eigenvalue weighted by Gasteiger charge is -2.25. The molecule has 1 amide bonds. The second-order valence-electron chi connectivity index (χ2n) is 6.26. The number of amides is 1. The van der Waals surface area contributed by atoms with Crippen molar-refractivity contribution in [1.29, 1.82) is 0 Å². The van der Waals surface area contributed by atoms with Gasteiger partial charge in [-0.3, -0.25) is 4.79 Å². The zero-order chi connectivity index (χ0) is 14.4. The van der Waals surface area contributed by atoms with Gasteiger partial charge in [0, 0.05) is 29.9 Å². The molecule has 1 aliphatic heterocycles. The average Bonchev–Trinajstić information content (AvgIpc) is 2.82. The van der Waals surface area contributed by atoms with Gasteiger partial charge in [0.05, 0.1) is 6.54 Å². The number of nitrogens with zero attached hydrogens (tertiary/aromatic N) is 1. The predicted molar refractivity (Wildman–Crippen MR) is 85.3 cm³/mol. The van der Waals surface area contributed by atoms with E-state index in [1.807, 2.05) is 4.90 Å². The van der Waals surface area contributed by atoms with Gasteiger partial charge in [-0.05, 0) is 24.3 Å². The molecule has 1 aromatic heterocycles. The van der Waals surface area contributed by atoms with Crippen molar-refractivity contribution in [2.45, 2.75) is 44.9 Å². The number of thiophene rings is 1. The molecule has 20 heavy (non-hydrogen) atoms. The number of carbonyl (C=O) groups excluding carboxylic acids is 1. The van der Waals surface area contributed by atoms with Crippen molar-refractivity contribution in [3.05, 3.63) is 22.4 Å². The van der Waals surface area contributed by atoms with Crippen molar-refractivity contribution in [2.24, 2.45) is 0 Å². The van der Waals surface area contributed by atoms with Crippen LogP contribution >= 0.6 is 11.3 Å². The number of hydrogen-bond acceptors (Lipinski definition) is 3. The average molecular weight is 294 g/mol. The van der Waals surface area contributed by atoms with E-state index in [4.69, 9.17) is 0 Å². The van der Waals surface area contributed by atoms with E-state index in [2.05, 4.69) is 36.7 Å². The Morgan fingerprint density at radius 3 is 2.60 bits per heavy atom. The minimum Gasteiger partial charge on any atom is -0.342 e. The van der Waals surface area contributed by atoms with Gasteiger partial charge in [0.1, 0.15) is 0 Å². The Labute approximate surface area is 126 Å². The van der Waals surface area contributed by atoms with Crippen LogP contribution < -0.4 is 5.32 Å². The molecule has 0 aliphatic carbocycles. The SMILES string of the molecule is CC(C)(CNCC(=O)N1CCCCCC1)c1cccs1. The van der Waals surface area contributed by atoms with Crippen LogP contribution in [0.15, 0.2) is 17.5 Å². The Hall–Kier alpha value is -0.870. The zero-order valence-corrected chi connectivity index (χ0v) is 13.5. The number of hydrogen-bond donors (Lipinski definition) is 1. The first kappa shape index (κ1) is 15.5. The monoisotopic (exact) mass is 294 g/mol. The molecule has 0 saturated carbocycles. The first-order valence-electron chi connectivity index (χ1n) is 7.62. The van der Waals surface area contributed by atoms with Gasteiger partial charge in [-0.15, -0.1) is 11.3 Å². The highest BCUT2D eigenvalue weighted by molar-refractivity contribution is 7.10. The third kappa shape index (κ3) is 4.32. The second-order valence-corrected chi connectivity index (χ2v) is 7.21. The maximum Gasteiger partial charge on any atom is 0.236 e. The summed E-state index contributed by atoms with van der Waals surface area (Å²) in [6, 6.07) is 4.26. The molecule has 0 atom stereocenters. The summed E-state index contributed by atoms with van der Waals surface area (Å²) in [5, 5.41) is 5.46. The van der Waals surface area contributed by atoms with Crippen LogP contribution in [0.2, 0.25) is 0 Å². The van der Waals surface area contributed by atoms with Gasteiger partial charge >= 0.3 is 0 Å². The Morgan fingerprint density at radius 1 is 1.30 bits per heavy atom. The maximum atomic E-state index is 12.2. The van der Waals surface area contributed by atoms with Crippen molar-refractivity contribution >= 4 is 17.2 Å². The first-order valence-corrected chi connectivity index (χ1v) is 8.50. The lowest BCUT2D eigenvalue weighted by molar-refractivity contribution is -0.130. The van der Waals surface area contributed by atoms with Crippen LogP contribution in [0.25, 0.3) is 0 Å². The molecule has 0 unspecified atom stereocenters. The second kappa shape index (κ2) is 7.23. The molecule has 4 heteroatoms. The molecule has 0 aromatic carbocycles. The molecule has 0 bridgehead atoms. The Bertz CT molecular complexity index is 406. The predicted octanol–water partition coefficient (Wildman–Crippen LogP) is 3.02. The van der Waals surface area contributed by atoms with Gasteiger partial charge in [-0.2, -0.15) is 0 Å². The summed E-state index contributed by atoms with van der Waals surface area (Å²) in [6.45, 7) is 7.63.